The maximum atomic E-state index is 6.04. The third-order valence-corrected chi connectivity index (χ3v) is 3.58. The SMILES string of the molecule is C=CC[n+]1c2cc(Cl)c(Cl)cc2c(C)n1C. The molecule has 0 radical (unpaired) electrons. The third kappa shape index (κ3) is 1.62. The Labute approximate surface area is 105 Å². The number of benzene rings is 1. The summed E-state index contributed by atoms with van der Waals surface area (Å²) in [7, 11) is 2.01. The largest absolute Gasteiger partial charge is 0.240 e. The zero-order valence-electron chi connectivity index (χ0n) is 9.30. The maximum Gasteiger partial charge on any atom is 0.240 e. The molecule has 0 fully saturated rings. The smallest absolute Gasteiger partial charge is 0.160 e. The van der Waals surface area contributed by atoms with Crippen LogP contribution in [0, 0.1) is 6.92 Å². The van der Waals surface area contributed by atoms with E-state index in [1.807, 2.05) is 25.3 Å². The fraction of sp³-hybridized carbons (Fsp3) is 0.250. The highest BCUT2D eigenvalue weighted by Gasteiger charge is 2.19. The van der Waals surface area contributed by atoms with Gasteiger partial charge in [-0.25, -0.2) is 0 Å². The molecule has 0 aliphatic carbocycles. The Hall–Kier alpha value is -0.990. The Balaban J connectivity index is 2.85. The molecular formula is C12H13Cl2N2+. The van der Waals surface area contributed by atoms with Crippen LogP contribution >= 0.6 is 23.2 Å². The molecule has 0 spiro atoms. The zero-order valence-corrected chi connectivity index (χ0v) is 10.8. The monoisotopic (exact) mass is 255 g/mol. The van der Waals surface area contributed by atoms with Gasteiger partial charge in [0, 0.05) is 6.07 Å². The standard InChI is InChI=1S/C12H13Cl2N2/c1-4-5-16-12-7-11(14)10(13)6-9(12)8(2)15(16)3/h4,6-7H,1,5H2,2-3H3/q+1. The Morgan fingerprint density at radius 2 is 2.00 bits per heavy atom. The van der Waals surface area contributed by atoms with E-state index in [1.165, 1.54) is 0 Å². The summed E-state index contributed by atoms with van der Waals surface area (Å²) in [6.07, 6.45) is 1.86. The highest BCUT2D eigenvalue weighted by Crippen LogP contribution is 2.28. The van der Waals surface area contributed by atoms with E-state index in [1.54, 1.807) is 0 Å². The van der Waals surface area contributed by atoms with Crippen LogP contribution in [0.25, 0.3) is 10.9 Å². The summed E-state index contributed by atoms with van der Waals surface area (Å²) in [6, 6.07) is 3.81. The Kier molecular flexibility index (Phi) is 2.96. The van der Waals surface area contributed by atoms with Gasteiger partial charge < -0.3 is 0 Å². The predicted octanol–water partition coefficient (Wildman–Crippen LogP) is 3.27. The van der Waals surface area contributed by atoms with Crippen molar-refractivity contribution >= 4 is 34.1 Å². The van der Waals surface area contributed by atoms with Crippen LogP contribution in [0.5, 0.6) is 0 Å². The van der Waals surface area contributed by atoms with Crippen molar-refractivity contribution in [2.75, 3.05) is 0 Å². The van der Waals surface area contributed by atoms with Gasteiger partial charge in [0.05, 0.1) is 28.2 Å². The molecule has 0 bridgehead atoms. The van der Waals surface area contributed by atoms with Crippen molar-refractivity contribution in [2.24, 2.45) is 7.05 Å². The minimum Gasteiger partial charge on any atom is -0.160 e. The second-order valence-electron chi connectivity index (χ2n) is 3.76. The first-order valence-corrected chi connectivity index (χ1v) is 5.77. The van der Waals surface area contributed by atoms with Gasteiger partial charge in [-0.1, -0.05) is 29.8 Å². The van der Waals surface area contributed by atoms with Crippen molar-refractivity contribution in [2.45, 2.75) is 13.5 Å². The van der Waals surface area contributed by atoms with Gasteiger partial charge in [-0.05, 0) is 19.1 Å². The highest BCUT2D eigenvalue weighted by atomic mass is 35.5. The lowest BCUT2D eigenvalue weighted by Crippen LogP contribution is -2.41. The van der Waals surface area contributed by atoms with Crippen molar-refractivity contribution < 1.29 is 4.68 Å². The number of rotatable bonds is 2. The summed E-state index contributed by atoms with van der Waals surface area (Å²) in [5, 5.41) is 2.30. The molecule has 16 heavy (non-hydrogen) atoms. The summed E-state index contributed by atoms with van der Waals surface area (Å²) in [5.74, 6) is 0. The van der Waals surface area contributed by atoms with Crippen LogP contribution in [0.15, 0.2) is 24.8 Å². The lowest BCUT2D eigenvalue weighted by molar-refractivity contribution is -0.742. The Morgan fingerprint density at radius 1 is 1.38 bits per heavy atom. The molecule has 0 aliphatic rings. The molecule has 84 valence electrons. The number of halogens is 2. The molecule has 2 aromatic rings. The molecule has 0 aliphatic heterocycles. The topological polar surface area (TPSA) is 8.81 Å². The van der Waals surface area contributed by atoms with Gasteiger partial charge in [0.25, 0.3) is 0 Å². The van der Waals surface area contributed by atoms with Gasteiger partial charge in [-0.2, -0.15) is 4.68 Å². The van der Waals surface area contributed by atoms with Crippen LogP contribution in [0.1, 0.15) is 5.69 Å². The van der Waals surface area contributed by atoms with Gasteiger partial charge in [0.1, 0.15) is 0 Å². The van der Waals surface area contributed by atoms with Gasteiger partial charge in [-0.3, -0.25) is 0 Å². The second-order valence-corrected chi connectivity index (χ2v) is 4.58. The molecule has 2 nitrogen and oxygen atoms in total. The maximum absolute atomic E-state index is 6.04. The molecular weight excluding hydrogens is 243 g/mol. The molecule has 1 aromatic heterocycles. The molecule has 4 heteroatoms. The number of fused-ring (bicyclic) bond motifs is 1. The lowest BCUT2D eigenvalue weighted by Gasteiger charge is -1.95. The molecule has 0 unspecified atom stereocenters. The molecule has 0 amide bonds. The third-order valence-electron chi connectivity index (χ3n) is 2.86. The van der Waals surface area contributed by atoms with E-state index in [0.29, 0.717) is 10.0 Å². The fourth-order valence-electron chi connectivity index (χ4n) is 1.90. The van der Waals surface area contributed by atoms with Crippen LogP contribution in [0.4, 0.5) is 0 Å². The fourth-order valence-corrected chi connectivity index (χ4v) is 2.22. The number of nitrogens with zero attached hydrogens (tertiary/aromatic N) is 2. The Bertz CT molecular complexity index is 570. The van der Waals surface area contributed by atoms with Crippen molar-refractivity contribution in [3.63, 3.8) is 0 Å². The molecule has 0 saturated carbocycles. The zero-order chi connectivity index (χ0) is 11.9. The first-order valence-electron chi connectivity index (χ1n) is 5.01. The molecule has 2 rings (SSSR count). The van der Waals surface area contributed by atoms with Crippen molar-refractivity contribution in [3.05, 3.63) is 40.5 Å². The summed E-state index contributed by atoms with van der Waals surface area (Å²) in [5.41, 5.74) is 2.24. The van der Waals surface area contributed by atoms with Crippen LogP contribution in [0.3, 0.4) is 0 Å². The van der Waals surface area contributed by atoms with E-state index in [-0.39, 0.29) is 0 Å². The molecule has 0 atom stereocenters. The highest BCUT2D eigenvalue weighted by molar-refractivity contribution is 6.42. The molecule has 1 aromatic carbocycles. The summed E-state index contributed by atoms with van der Waals surface area (Å²) in [6.45, 7) is 6.57. The normalized spacial score (nSPS) is 11.0. The molecule has 0 saturated heterocycles. The van der Waals surface area contributed by atoms with Crippen molar-refractivity contribution in [3.8, 4) is 0 Å². The summed E-state index contributed by atoms with van der Waals surface area (Å²) in [4.78, 5) is 0. The minimum atomic E-state index is 0.581. The van der Waals surface area contributed by atoms with Gasteiger partial charge in [0.2, 0.25) is 5.52 Å². The van der Waals surface area contributed by atoms with Gasteiger partial charge >= 0.3 is 0 Å². The van der Waals surface area contributed by atoms with Crippen LogP contribution in [-0.2, 0) is 13.6 Å². The van der Waals surface area contributed by atoms with Crippen LogP contribution in [0.2, 0.25) is 10.0 Å². The van der Waals surface area contributed by atoms with E-state index in [9.17, 15) is 0 Å². The first-order chi connectivity index (χ1) is 7.56. The van der Waals surface area contributed by atoms with Crippen molar-refractivity contribution in [1.29, 1.82) is 0 Å². The minimum absolute atomic E-state index is 0.581. The summed E-state index contributed by atoms with van der Waals surface area (Å²) < 4.78 is 4.19. The van der Waals surface area contributed by atoms with E-state index < -0.39 is 0 Å². The van der Waals surface area contributed by atoms with Crippen molar-refractivity contribution in [1.82, 2.24) is 4.68 Å². The van der Waals surface area contributed by atoms with Crippen LogP contribution < -0.4 is 4.68 Å². The van der Waals surface area contributed by atoms with Gasteiger partial charge in [0.15, 0.2) is 6.54 Å². The number of hydrogen-bond acceptors (Lipinski definition) is 0. The molecule has 1 heterocycles. The average Bonchev–Trinajstić information content (AvgIpc) is 2.46. The number of aryl methyl sites for hydroxylation is 1. The predicted molar refractivity (Wildman–Crippen MR) is 68.1 cm³/mol. The molecule has 0 N–H and O–H groups in total. The number of hydrogen-bond donors (Lipinski definition) is 0. The van der Waals surface area contributed by atoms with Crippen LogP contribution in [-0.4, -0.2) is 4.68 Å². The Morgan fingerprint density at radius 3 is 2.62 bits per heavy atom. The van der Waals surface area contributed by atoms with E-state index in [0.717, 1.165) is 23.1 Å². The van der Waals surface area contributed by atoms with E-state index >= 15 is 0 Å². The average molecular weight is 256 g/mol. The lowest BCUT2D eigenvalue weighted by atomic mass is 10.2. The second kappa shape index (κ2) is 4.11. The van der Waals surface area contributed by atoms with Gasteiger partial charge in [-0.15, -0.1) is 4.68 Å². The quantitative estimate of drug-likeness (QED) is 0.576. The van der Waals surface area contributed by atoms with E-state index in [4.69, 9.17) is 23.2 Å². The first kappa shape index (κ1) is 11.5. The number of aromatic nitrogens is 2. The van der Waals surface area contributed by atoms with E-state index in [2.05, 4.69) is 22.9 Å². The number of allylic oxidation sites excluding steroid dienone is 1. The summed E-state index contributed by atoms with van der Waals surface area (Å²) >= 11 is 12.1.